The van der Waals surface area contributed by atoms with Crippen molar-refractivity contribution in [3.63, 3.8) is 0 Å². The molecule has 0 aliphatic rings. The van der Waals surface area contributed by atoms with Gasteiger partial charge < -0.3 is 5.73 Å². The Morgan fingerprint density at radius 2 is 2.15 bits per heavy atom. The molecule has 0 fully saturated rings. The van der Waals surface area contributed by atoms with Crippen molar-refractivity contribution in [2.45, 2.75) is 11.8 Å². The van der Waals surface area contributed by atoms with Crippen molar-refractivity contribution in [3.8, 4) is 0 Å². The summed E-state index contributed by atoms with van der Waals surface area (Å²) >= 11 is 1.15. The maximum absolute atomic E-state index is 12.2. The Labute approximate surface area is 118 Å². The first kappa shape index (κ1) is 14.2. The highest BCUT2D eigenvalue weighted by Crippen LogP contribution is 2.27. The normalized spacial score (nSPS) is 11.2. The van der Waals surface area contributed by atoms with E-state index in [-0.39, 0.29) is 21.4 Å². The van der Waals surface area contributed by atoms with Crippen LogP contribution in [0.4, 0.5) is 16.5 Å². The van der Waals surface area contributed by atoms with Gasteiger partial charge in [-0.1, -0.05) is 0 Å². The lowest BCUT2D eigenvalue weighted by Gasteiger charge is -2.07. The van der Waals surface area contributed by atoms with Crippen molar-refractivity contribution < 1.29 is 13.3 Å². The van der Waals surface area contributed by atoms with E-state index in [0.29, 0.717) is 0 Å². The summed E-state index contributed by atoms with van der Waals surface area (Å²) in [5, 5.41) is 10.9. The zero-order valence-electron chi connectivity index (χ0n) is 10.2. The molecule has 106 valence electrons. The van der Waals surface area contributed by atoms with Crippen LogP contribution in [0.3, 0.4) is 0 Å². The molecular weight excluding hydrogens is 304 g/mol. The van der Waals surface area contributed by atoms with Crippen molar-refractivity contribution >= 4 is 37.9 Å². The Hall–Kier alpha value is -2.20. The standard InChI is InChI=1S/C10H10N4O4S2/c1-6-5-12-10(19-6)13-20(17,18)9-4-7(14(15)16)2-3-8(9)11/h2-5H,11H2,1H3,(H,12,13). The van der Waals surface area contributed by atoms with Gasteiger partial charge in [-0.05, 0) is 13.0 Å². The van der Waals surface area contributed by atoms with E-state index in [1.54, 1.807) is 6.92 Å². The summed E-state index contributed by atoms with van der Waals surface area (Å²) in [6.07, 6.45) is 1.51. The number of aromatic nitrogens is 1. The third-order valence-electron chi connectivity index (χ3n) is 2.34. The van der Waals surface area contributed by atoms with Gasteiger partial charge in [-0.25, -0.2) is 13.4 Å². The van der Waals surface area contributed by atoms with Gasteiger partial charge in [-0.3, -0.25) is 14.8 Å². The lowest BCUT2D eigenvalue weighted by atomic mass is 10.3. The summed E-state index contributed by atoms with van der Waals surface area (Å²) in [4.78, 5) is 14.4. The number of nitrogens with one attached hydrogen (secondary N) is 1. The second kappa shape index (κ2) is 5.06. The van der Waals surface area contributed by atoms with Gasteiger partial charge in [0.1, 0.15) is 4.90 Å². The number of rotatable bonds is 4. The van der Waals surface area contributed by atoms with E-state index < -0.39 is 14.9 Å². The van der Waals surface area contributed by atoms with Gasteiger partial charge in [0.2, 0.25) is 0 Å². The molecule has 0 radical (unpaired) electrons. The first-order valence-electron chi connectivity index (χ1n) is 5.29. The number of nitrogen functional groups attached to an aromatic ring is 1. The Morgan fingerprint density at radius 1 is 1.45 bits per heavy atom. The number of hydrogen-bond acceptors (Lipinski definition) is 7. The summed E-state index contributed by atoms with van der Waals surface area (Å²) in [7, 11) is -4.02. The zero-order valence-corrected chi connectivity index (χ0v) is 11.9. The fourth-order valence-corrected chi connectivity index (χ4v) is 3.50. The molecule has 0 aliphatic carbocycles. The second-order valence-corrected chi connectivity index (χ2v) is 6.75. The van der Waals surface area contributed by atoms with Crippen molar-refractivity contribution in [1.82, 2.24) is 4.98 Å². The van der Waals surface area contributed by atoms with E-state index in [4.69, 9.17) is 5.73 Å². The van der Waals surface area contributed by atoms with Crippen LogP contribution in [0, 0.1) is 17.0 Å². The topological polar surface area (TPSA) is 128 Å². The minimum absolute atomic E-state index is 0.0728. The number of nitrogens with two attached hydrogens (primary N) is 1. The lowest BCUT2D eigenvalue weighted by molar-refractivity contribution is -0.385. The van der Waals surface area contributed by atoms with Crippen LogP contribution in [0.25, 0.3) is 0 Å². The zero-order chi connectivity index (χ0) is 14.9. The SMILES string of the molecule is Cc1cnc(NS(=O)(=O)c2cc([N+](=O)[O-])ccc2N)s1. The highest BCUT2D eigenvalue weighted by Gasteiger charge is 2.22. The van der Waals surface area contributed by atoms with Crippen LogP contribution >= 0.6 is 11.3 Å². The van der Waals surface area contributed by atoms with Gasteiger partial charge in [0.15, 0.2) is 5.13 Å². The highest BCUT2D eigenvalue weighted by atomic mass is 32.2. The van der Waals surface area contributed by atoms with Crippen molar-refractivity contribution in [2.75, 3.05) is 10.5 Å². The van der Waals surface area contributed by atoms with Gasteiger partial charge in [0.05, 0.1) is 10.6 Å². The van der Waals surface area contributed by atoms with Crippen molar-refractivity contribution in [3.05, 3.63) is 39.4 Å². The molecule has 0 saturated carbocycles. The lowest BCUT2D eigenvalue weighted by Crippen LogP contribution is -2.15. The van der Waals surface area contributed by atoms with E-state index in [0.717, 1.165) is 28.3 Å². The summed E-state index contributed by atoms with van der Waals surface area (Å²) in [5.74, 6) is 0. The average Bonchev–Trinajstić information content (AvgIpc) is 2.73. The van der Waals surface area contributed by atoms with Crippen LogP contribution in [-0.2, 0) is 10.0 Å². The minimum atomic E-state index is -4.02. The average molecular weight is 314 g/mol. The molecule has 1 aromatic heterocycles. The number of sulfonamides is 1. The second-order valence-electron chi connectivity index (χ2n) is 3.86. The number of thiazole rings is 1. The van der Waals surface area contributed by atoms with E-state index in [9.17, 15) is 18.5 Å². The van der Waals surface area contributed by atoms with Gasteiger partial charge in [-0.15, -0.1) is 11.3 Å². The quantitative estimate of drug-likeness (QED) is 0.502. The molecule has 20 heavy (non-hydrogen) atoms. The molecule has 0 bridgehead atoms. The van der Waals surface area contributed by atoms with E-state index >= 15 is 0 Å². The molecule has 1 heterocycles. The summed E-state index contributed by atoms with van der Waals surface area (Å²) in [5.41, 5.74) is 5.15. The number of benzene rings is 1. The smallest absolute Gasteiger partial charge is 0.270 e. The Kier molecular flexibility index (Phi) is 3.59. The summed E-state index contributed by atoms with van der Waals surface area (Å²) in [6.45, 7) is 1.77. The van der Waals surface area contributed by atoms with Gasteiger partial charge in [-0.2, -0.15) is 0 Å². The molecule has 0 amide bonds. The third-order valence-corrected chi connectivity index (χ3v) is 4.69. The predicted octanol–water partition coefficient (Wildman–Crippen LogP) is 1.74. The fraction of sp³-hybridized carbons (Fsp3) is 0.100. The molecule has 8 nitrogen and oxygen atoms in total. The Morgan fingerprint density at radius 3 is 2.70 bits per heavy atom. The first-order chi connectivity index (χ1) is 9.29. The van der Waals surface area contributed by atoms with Crippen LogP contribution in [0.2, 0.25) is 0 Å². The van der Waals surface area contributed by atoms with Crippen LogP contribution in [0.1, 0.15) is 4.88 Å². The monoisotopic (exact) mass is 314 g/mol. The molecule has 0 atom stereocenters. The molecule has 3 N–H and O–H groups in total. The molecule has 0 saturated heterocycles. The van der Waals surface area contributed by atoms with Crippen LogP contribution < -0.4 is 10.5 Å². The third kappa shape index (κ3) is 2.86. The number of anilines is 2. The number of non-ortho nitro benzene ring substituents is 1. The molecule has 0 spiro atoms. The number of hydrogen-bond donors (Lipinski definition) is 2. The largest absolute Gasteiger partial charge is 0.398 e. The number of nitro groups is 1. The first-order valence-corrected chi connectivity index (χ1v) is 7.59. The Balaban J connectivity index is 2.43. The molecule has 10 heteroatoms. The summed E-state index contributed by atoms with van der Waals surface area (Å²) < 4.78 is 26.6. The number of aryl methyl sites for hydroxylation is 1. The molecular formula is C10H10N4O4S2. The van der Waals surface area contributed by atoms with Crippen molar-refractivity contribution in [2.24, 2.45) is 0 Å². The number of nitro benzene ring substituents is 1. The van der Waals surface area contributed by atoms with Gasteiger partial charge in [0, 0.05) is 23.2 Å². The van der Waals surface area contributed by atoms with Gasteiger partial charge >= 0.3 is 0 Å². The Bertz CT molecular complexity index is 769. The van der Waals surface area contributed by atoms with E-state index in [2.05, 4.69) is 9.71 Å². The number of nitrogens with zero attached hydrogens (tertiary/aromatic N) is 2. The summed E-state index contributed by atoms with van der Waals surface area (Å²) in [6, 6.07) is 3.24. The molecule has 0 aliphatic heterocycles. The van der Waals surface area contributed by atoms with Crippen LogP contribution in [0.5, 0.6) is 0 Å². The molecule has 0 unspecified atom stereocenters. The predicted molar refractivity (Wildman–Crippen MR) is 75.2 cm³/mol. The molecule has 2 rings (SSSR count). The highest BCUT2D eigenvalue weighted by molar-refractivity contribution is 7.93. The maximum Gasteiger partial charge on any atom is 0.270 e. The van der Waals surface area contributed by atoms with E-state index in [1.165, 1.54) is 12.3 Å². The van der Waals surface area contributed by atoms with E-state index in [1.807, 2.05) is 0 Å². The maximum atomic E-state index is 12.2. The minimum Gasteiger partial charge on any atom is -0.398 e. The van der Waals surface area contributed by atoms with Crippen molar-refractivity contribution in [1.29, 1.82) is 0 Å². The molecule has 2 aromatic rings. The fourth-order valence-electron chi connectivity index (χ4n) is 1.44. The van der Waals surface area contributed by atoms with Crippen LogP contribution in [-0.4, -0.2) is 18.3 Å². The van der Waals surface area contributed by atoms with Crippen LogP contribution in [0.15, 0.2) is 29.3 Å². The van der Waals surface area contributed by atoms with Gasteiger partial charge in [0.25, 0.3) is 15.7 Å². The molecule has 1 aromatic carbocycles.